The Labute approximate surface area is 142 Å². The molecule has 1 saturated carbocycles. The lowest BCUT2D eigenvalue weighted by molar-refractivity contribution is -0.108. The zero-order chi connectivity index (χ0) is 16.5. The molecule has 0 radical (unpaired) electrons. The SMILES string of the molecule is CC(C)(C)N1CCCC12CC2CC(C)(C)N1CCC2(COC2)C1. The maximum absolute atomic E-state index is 5.51. The largest absolute Gasteiger partial charge is 0.380 e. The monoisotopic (exact) mass is 320 g/mol. The maximum atomic E-state index is 5.51. The summed E-state index contributed by atoms with van der Waals surface area (Å²) in [7, 11) is 0. The van der Waals surface area contributed by atoms with E-state index in [0.29, 0.717) is 22.0 Å². The van der Waals surface area contributed by atoms with Gasteiger partial charge < -0.3 is 4.74 Å². The van der Waals surface area contributed by atoms with Crippen LogP contribution >= 0.6 is 0 Å². The lowest BCUT2D eigenvalue weighted by atomic mass is 9.85. The minimum absolute atomic E-state index is 0.330. The third-order valence-electron chi connectivity index (χ3n) is 7.40. The molecule has 0 aromatic carbocycles. The molecule has 0 amide bonds. The van der Waals surface area contributed by atoms with E-state index in [0.717, 1.165) is 19.1 Å². The quantitative estimate of drug-likeness (QED) is 0.791. The number of rotatable bonds is 3. The van der Waals surface area contributed by atoms with Crippen molar-refractivity contribution < 1.29 is 4.74 Å². The maximum Gasteiger partial charge on any atom is 0.0557 e. The predicted octanol–water partition coefficient (Wildman–Crippen LogP) is 3.53. The Morgan fingerprint density at radius 3 is 2.35 bits per heavy atom. The molecular formula is C20H36N2O. The zero-order valence-corrected chi connectivity index (χ0v) is 16.0. The fourth-order valence-electron chi connectivity index (χ4n) is 5.98. The average Bonchev–Trinajstić information content (AvgIpc) is 2.81. The Balaban J connectivity index is 1.41. The fourth-order valence-corrected chi connectivity index (χ4v) is 5.98. The van der Waals surface area contributed by atoms with E-state index in [9.17, 15) is 0 Å². The summed E-state index contributed by atoms with van der Waals surface area (Å²) in [5.41, 5.74) is 1.74. The normalized spacial score (nSPS) is 37.7. The van der Waals surface area contributed by atoms with Crippen molar-refractivity contribution in [2.75, 3.05) is 32.8 Å². The Morgan fingerprint density at radius 1 is 1.04 bits per heavy atom. The van der Waals surface area contributed by atoms with Crippen LogP contribution in [0.15, 0.2) is 0 Å². The Hall–Kier alpha value is -0.120. The van der Waals surface area contributed by atoms with Crippen molar-refractivity contribution in [3.63, 3.8) is 0 Å². The van der Waals surface area contributed by atoms with Crippen molar-refractivity contribution in [3.05, 3.63) is 0 Å². The molecule has 0 aromatic heterocycles. The zero-order valence-electron chi connectivity index (χ0n) is 16.0. The molecule has 3 heterocycles. The van der Waals surface area contributed by atoms with Gasteiger partial charge in [-0.2, -0.15) is 0 Å². The summed E-state index contributed by atoms with van der Waals surface area (Å²) in [6.07, 6.45) is 6.99. The summed E-state index contributed by atoms with van der Waals surface area (Å²) in [6, 6.07) is 0. The number of ether oxygens (including phenoxy) is 1. The topological polar surface area (TPSA) is 15.7 Å². The Kier molecular flexibility index (Phi) is 3.52. The predicted molar refractivity (Wildman–Crippen MR) is 94.7 cm³/mol. The van der Waals surface area contributed by atoms with Gasteiger partial charge in [-0.1, -0.05) is 0 Å². The van der Waals surface area contributed by atoms with Gasteiger partial charge in [0.15, 0.2) is 0 Å². The fraction of sp³-hybridized carbons (Fsp3) is 1.00. The number of nitrogens with zero attached hydrogens (tertiary/aromatic N) is 2. The summed E-state index contributed by atoms with van der Waals surface area (Å²) in [5.74, 6) is 0.911. The summed E-state index contributed by atoms with van der Waals surface area (Å²) in [5, 5.41) is 0. The number of hydrogen-bond donors (Lipinski definition) is 0. The van der Waals surface area contributed by atoms with E-state index >= 15 is 0 Å². The van der Waals surface area contributed by atoms with Crippen molar-refractivity contribution in [1.29, 1.82) is 0 Å². The van der Waals surface area contributed by atoms with Gasteiger partial charge in [-0.05, 0) is 85.7 Å². The third-order valence-corrected chi connectivity index (χ3v) is 7.40. The lowest BCUT2D eigenvalue weighted by Gasteiger charge is -2.42. The second-order valence-corrected chi connectivity index (χ2v) is 10.6. The van der Waals surface area contributed by atoms with Gasteiger partial charge >= 0.3 is 0 Å². The molecule has 23 heavy (non-hydrogen) atoms. The van der Waals surface area contributed by atoms with Crippen LogP contribution < -0.4 is 0 Å². The Bertz CT molecular complexity index is 477. The molecule has 132 valence electrons. The first-order valence-electron chi connectivity index (χ1n) is 9.78. The molecule has 3 heteroatoms. The molecule has 0 N–H and O–H groups in total. The van der Waals surface area contributed by atoms with E-state index in [1.807, 2.05) is 0 Å². The van der Waals surface area contributed by atoms with Gasteiger partial charge in [0, 0.05) is 28.6 Å². The van der Waals surface area contributed by atoms with Crippen LogP contribution in [0.5, 0.6) is 0 Å². The Morgan fingerprint density at radius 2 is 1.78 bits per heavy atom. The molecular weight excluding hydrogens is 284 g/mol. The van der Waals surface area contributed by atoms with Crippen molar-refractivity contribution in [2.24, 2.45) is 11.3 Å². The molecule has 2 atom stereocenters. The second kappa shape index (κ2) is 4.95. The third kappa shape index (κ3) is 2.58. The van der Waals surface area contributed by atoms with Crippen LogP contribution in [0.3, 0.4) is 0 Å². The van der Waals surface area contributed by atoms with Crippen LogP contribution in [0.4, 0.5) is 0 Å². The van der Waals surface area contributed by atoms with E-state index in [2.05, 4.69) is 44.4 Å². The summed E-state index contributed by atoms with van der Waals surface area (Å²) < 4.78 is 5.51. The van der Waals surface area contributed by atoms with Crippen LogP contribution in [-0.4, -0.2) is 59.3 Å². The molecule has 3 aliphatic heterocycles. The summed E-state index contributed by atoms with van der Waals surface area (Å²) in [6.45, 7) is 18.1. The van der Waals surface area contributed by atoms with Gasteiger partial charge in [0.2, 0.25) is 0 Å². The van der Waals surface area contributed by atoms with Crippen LogP contribution in [-0.2, 0) is 4.74 Å². The molecule has 3 saturated heterocycles. The van der Waals surface area contributed by atoms with Gasteiger partial charge in [-0.3, -0.25) is 9.80 Å². The van der Waals surface area contributed by atoms with Gasteiger partial charge in [0.25, 0.3) is 0 Å². The highest BCUT2D eigenvalue weighted by Gasteiger charge is 2.63. The highest BCUT2D eigenvalue weighted by atomic mass is 16.5. The smallest absolute Gasteiger partial charge is 0.0557 e. The standard InChI is InChI=1S/C20H36N2O/c1-17(2,3)22-9-6-7-20(22)12-16(20)11-18(4,5)21-10-8-19(13-21)14-23-15-19/h16H,6-15H2,1-5H3. The molecule has 0 bridgehead atoms. The van der Waals surface area contributed by atoms with E-state index in [1.165, 1.54) is 51.7 Å². The second-order valence-electron chi connectivity index (χ2n) is 10.6. The lowest BCUT2D eigenvalue weighted by Crippen LogP contribution is -2.50. The van der Waals surface area contributed by atoms with Gasteiger partial charge in [0.05, 0.1) is 13.2 Å². The molecule has 1 aliphatic carbocycles. The van der Waals surface area contributed by atoms with E-state index < -0.39 is 0 Å². The summed E-state index contributed by atoms with van der Waals surface area (Å²) in [4.78, 5) is 5.61. The van der Waals surface area contributed by atoms with Gasteiger partial charge in [-0.25, -0.2) is 0 Å². The van der Waals surface area contributed by atoms with Crippen LogP contribution in [0.2, 0.25) is 0 Å². The molecule has 3 nitrogen and oxygen atoms in total. The van der Waals surface area contributed by atoms with Gasteiger partial charge in [0.1, 0.15) is 0 Å². The van der Waals surface area contributed by atoms with Crippen LogP contribution in [0.1, 0.15) is 66.7 Å². The molecule has 0 aromatic rings. The highest BCUT2D eigenvalue weighted by molar-refractivity contribution is 5.18. The number of hydrogen-bond acceptors (Lipinski definition) is 3. The molecule has 2 spiro atoms. The van der Waals surface area contributed by atoms with Crippen LogP contribution in [0.25, 0.3) is 0 Å². The average molecular weight is 321 g/mol. The first kappa shape index (κ1) is 16.4. The molecule has 4 rings (SSSR count). The molecule has 4 aliphatic rings. The van der Waals surface area contributed by atoms with Gasteiger partial charge in [-0.15, -0.1) is 0 Å². The molecule has 4 fully saturated rings. The van der Waals surface area contributed by atoms with Crippen molar-refractivity contribution in [1.82, 2.24) is 9.80 Å². The highest BCUT2D eigenvalue weighted by Crippen LogP contribution is 2.60. The van der Waals surface area contributed by atoms with Crippen molar-refractivity contribution in [3.8, 4) is 0 Å². The first-order valence-corrected chi connectivity index (χ1v) is 9.78. The first-order chi connectivity index (χ1) is 10.7. The van der Waals surface area contributed by atoms with E-state index in [1.54, 1.807) is 0 Å². The summed E-state index contributed by atoms with van der Waals surface area (Å²) >= 11 is 0. The van der Waals surface area contributed by atoms with Crippen molar-refractivity contribution >= 4 is 0 Å². The van der Waals surface area contributed by atoms with E-state index in [4.69, 9.17) is 4.74 Å². The minimum Gasteiger partial charge on any atom is -0.380 e. The number of likely N-dealkylation sites (tertiary alicyclic amines) is 2. The molecule has 2 unspecified atom stereocenters. The van der Waals surface area contributed by atoms with E-state index in [-0.39, 0.29) is 0 Å². The minimum atomic E-state index is 0.330. The van der Waals surface area contributed by atoms with Crippen molar-refractivity contribution in [2.45, 2.75) is 83.3 Å². The van der Waals surface area contributed by atoms with Crippen LogP contribution in [0, 0.1) is 11.3 Å².